The molecule has 0 aromatic heterocycles. The van der Waals surface area contributed by atoms with Crippen molar-refractivity contribution in [1.29, 1.82) is 0 Å². The quantitative estimate of drug-likeness (QED) is 0.915. The molecule has 0 saturated carbocycles. The smallest absolute Gasteiger partial charge is 0.239 e. The number of halogens is 1. The highest BCUT2D eigenvalue weighted by Crippen LogP contribution is 2.38. The predicted octanol–water partition coefficient (Wildman–Crippen LogP) is 2.67. The molecule has 1 saturated heterocycles. The number of likely N-dealkylation sites (tertiary alicyclic amines) is 1. The van der Waals surface area contributed by atoms with Crippen molar-refractivity contribution in [1.82, 2.24) is 4.90 Å². The number of hydrogen-bond donors (Lipinski definition) is 1. The maximum Gasteiger partial charge on any atom is 0.239 e. The van der Waals surface area contributed by atoms with Crippen molar-refractivity contribution in [3.8, 4) is 11.5 Å². The number of nitrogens with two attached hydrogens (primary N) is 1. The third-order valence-electron chi connectivity index (χ3n) is 4.40. The average molecular weight is 341 g/mol. The van der Waals surface area contributed by atoms with Crippen LogP contribution in [0.5, 0.6) is 11.5 Å². The van der Waals surface area contributed by atoms with Crippen LogP contribution in [0.15, 0.2) is 18.2 Å². The molecule has 1 fully saturated rings. The highest BCUT2D eigenvalue weighted by atomic mass is 35.5. The molecule has 23 heavy (non-hydrogen) atoms. The second-order valence-corrected chi connectivity index (χ2v) is 5.99. The van der Waals surface area contributed by atoms with E-state index < -0.39 is 0 Å². The van der Waals surface area contributed by atoms with Gasteiger partial charge < -0.3 is 20.1 Å². The molecule has 2 atom stereocenters. The van der Waals surface area contributed by atoms with Crippen molar-refractivity contribution in [2.45, 2.75) is 44.7 Å². The number of nitrogens with zero attached hydrogens (tertiary/aromatic N) is 1. The van der Waals surface area contributed by atoms with E-state index in [1.54, 1.807) is 0 Å². The molecule has 0 radical (unpaired) electrons. The van der Waals surface area contributed by atoms with Crippen LogP contribution in [0.1, 0.15) is 44.2 Å². The molecule has 2 aliphatic rings. The molecule has 3 rings (SSSR count). The summed E-state index contributed by atoms with van der Waals surface area (Å²) in [4.78, 5) is 14.5. The second kappa shape index (κ2) is 7.88. The minimum Gasteiger partial charge on any atom is -0.486 e. The average Bonchev–Trinajstić information content (AvgIpc) is 3.03. The van der Waals surface area contributed by atoms with E-state index in [4.69, 9.17) is 15.2 Å². The lowest BCUT2D eigenvalue weighted by atomic mass is 10.0. The monoisotopic (exact) mass is 340 g/mol. The maximum absolute atomic E-state index is 12.6. The van der Waals surface area contributed by atoms with Gasteiger partial charge in [-0.3, -0.25) is 4.79 Å². The summed E-state index contributed by atoms with van der Waals surface area (Å²) in [5.41, 5.74) is 7.13. The van der Waals surface area contributed by atoms with Gasteiger partial charge in [-0.15, -0.1) is 12.4 Å². The molecule has 1 aromatic rings. The molecule has 0 spiro atoms. The van der Waals surface area contributed by atoms with E-state index in [9.17, 15) is 4.79 Å². The lowest BCUT2D eigenvalue weighted by molar-refractivity contribution is -0.133. The summed E-state index contributed by atoms with van der Waals surface area (Å²) in [5.74, 6) is 1.63. The minimum atomic E-state index is -0.386. The summed E-state index contributed by atoms with van der Waals surface area (Å²) < 4.78 is 11.2. The summed E-state index contributed by atoms with van der Waals surface area (Å²) in [6.45, 7) is 4.00. The largest absolute Gasteiger partial charge is 0.486 e. The van der Waals surface area contributed by atoms with Crippen LogP contribution in [0.4, 0.5) is 0 Å². The Balaban J connectivity index is 0.00000192. The fourth-order valence-electron chi connectivity index (χ4n) is 3.29. The van der Waals surface area contributed by atoms with E-state index in [-0.39, 0.29) is 30.4 Å². The maximum atomic E-state index is 12.6. The van der Waals surface area contributed by atoms with Gasteiger partial charge in [0.1, 0.15) is 13.2 Å². The molecule has 0 bridgehead atoms. The summed E-state index contributed by atoms with van der Waals surface area (Å²) in [6, 6.07) is 5.70. The van der Waals surface area contributed by atoms with Crippen LogP contribution in [0.3, 0.4) is 0 Å². The van der Waals surface area contributed by atoms with Crippen molar-refractivity contribution in [2.24, 2.45) is 5.73 Å². The van der Waals surface area contributed by atoms with E-state index in [0.29, 0.717) is 13.2 Å². The Morgan fingerprint density at radius 2 is 2.09 bits per heavy atom. The van der Waals surface area contributed by atoms with Crippen molar-refractivity contribution in [2.75, 3.05) is 19.8 Å². The third-order valence-corrected chi connectivity index (χ3v) is 4.40. The normalized spacial score (nSPS) is 20.8. The number of amides is 1. The predicted molar refractivity (Wildman–Crippen MR) is 91.3 cm³/mol. The summed E-state index contributed by atoms with van der Waals surface area (Å²) in [5, 5.41) is 0. The Labute approximate surface area is 143 Å². The van der Waals surface area contributed by atoms with Gasteiger partial charge in [0.05, 0.1) is 12.1 Å². The van der Waals surface area contributed by atoms with Gasteiger partial charge in [-0.1, -0.05) is 19.4 Å². The van der Waals surface area contributed by atoms with E-state index in [1.165, 1.54) is 0 Å². The zero-order chi connectivity index (χ0) is 15.5. The molecular weight excluding hydrogens is 316 g/mol. The molecule has 2 heterocycles. The Bertz CT molecular complexity index is 553. The first kappa shape index (κ1) is 17.9. The summed E-state index contributed by atoms with van der Waals surface area (Å²) >= 11 is 0. The van der Waals surface area contributed by atoms with Crippen molar-refractivity contribution < 1.29 is 14.3 Å². The van der Waals surface area contributed by atoms with Crippen LogP contribution >= 0.6 is 12.4 Å². The Kier molecular flexibility index (Phi) is 6.13. The van der Waals surface area contributed by atoms with Crippen molar-refractivity contribution in [3.05, 3.63) is 23.8 Å². The summed E-state index contributed by atoms with van der Waals surface area (Å²) in [7, 11) is 0. The molecular formula is C17H25ClN2O3. The molecule has 1 aromatic carbocycles. The Morgan fingerprint density at radius 3 is 2.83 bits per heavy atom. The number of benzene rings is 1. The molecule has 2 aliphatic heterocycles. The van der Waals surface area contributed by atoms with Crippen molar-refractivity contribution >= 4 is 18.3 Å². The zero-order valence-corrected chi connectivity index (χ0v) is 14.3. The molecule has 2 N–H and O–H groups in total. The highest BCUT2D eigenvalue weighted by Gasteiger charge is 2.33. The van der Waals surface area contributed by atoms with Gasteiger partial charge in [0.2, 0.25) is 5.91 Å². The third kappa shape index (κ3) is 3.72. The standard InChI is InChI=1S/C17H24N2O3.ClH/c1-2-4-13(18)17(20)19-8-3-5-14(19)12-6-7-15-16(11-12)22-10-9-21-15;/h6-7,11,13-14H,2-5,8-10,18H2,1H3;1H. The first-order valence-corrected chi connectivity index (χ1v) is 8.16. The van der Waals surface area contributed by atoms with Crippen LogP contribution in [-0.2, 0) is 4.79 Å². The van der Waals surface area contributed by atoms with E-state index >= 15 is 0 Å². The molecule has 128 valence electrons. The molecule has 6 heteroatoms. The number of fused-ring (bicyclic) bond motifs is 1. The molecule has 5 nitrogen and oxygen atoms in total. The fraction of sp³-hybridized carbons (Fsp3) is 0.588. The zero-order valence-electron chi connectivity index (χ0n) is 13.5. The van der Waals surface area contributed by atoms with Crippen LogP contribution in [-0.4, -0.2) is 36.6 Å². The van der Waals surface area contributed by atoms with Crippen LogP contribution in [0.25, 0.3) is 0 Å². The summed E-state index contributed by atoms with van der Waals surface area (Å²) in [6.07, 6.45) is 3.66. The molecule has 2 unspecified atom stereocenters. The van der Waals surface area contributed by atoms with Gasteiger partial charge >= 0.3 is 0 Å². The first-order chi connectivity index (χ1) is 10.7. The number of rotatable bonds is 4. The Hall–Kier alpha value is -1.46. The van der Waals surface area contributed by atoms with Gasteiger partial charge in [-0.05, 0) is 37.0 Å². The van der Waals surface area contributed by atoms with Crippen LogP contribution in [0.2, 0.25) is 0 Å². The molecule has 0 aliphatic carbocycles. The van der Waals surface area contributed by atoms with Crippen molar-refractivity contribution in [3.63, 3.8) is 0 Å². The SMILES string of the molecule is CCCC(N)C(=O)N1CCCC1c1ccc2c(c1)OCCO2.Cl. The van der Waals surface area contributed by atoms with E-state index in [2.05, 4.69) is 6.92 Å². The molecule has 1 amide bonds. The lowest BCUT2D eigenvalue weighted by Crippen LogP contribution is -2.43. The number of hydrogen-bond acceptors (Lipinski definition) is 4. The van der Waals surface area contributed by atoms with Gasteiger partial charge in [0, 0.05) is 6.54 Å². The number of ether oxygens (including phenoxy) is 2. The first-order valence-electron chi connectivity index (χ1n) is 8.16. The number of carbonyl (C=O) groups is 1. The van der Waals surface area contributed by atoms with Gasteiger partial charge in [0.15, 0.2) is 11.5 Å². The minimum absolute atomic E-state index is 0. The van der Waals surface area contributed by atoms with E-state index in [1.807, 2.05) is 23.1 Å². The topological polar surface area (TPSA) is 64.8 Å². The highest BCUT2D eigenvalue weighted by molar-refractivity contribution is 5.85. The van der Waals surface area contributed by atoms with Gasteiger partial charge in [0.25, 0.3) is 0 Å². The second-order valence-electron chi connectivity index (χ2n) is 5.99. The lowest BCUT2D eigenvalue weighted by Gasteiger charge is -2.28. The van der Waals surface area contributed by atoms with Crippen LogP contribution < -0.4 is 15.2 Å². The van der Waals surface area contributed by atoms with Crippen LogP contribution in [0, 0.1) is 0 Å². The number of carbonyl (C=O) groups excluding carboxylic acids is 1. The van der Waals surface area contributed by atoms with Gasteiger partial charge in [-0.2, -0.15) is 0 Å². The van der Waals surface area contributed by atoms with E-state index in [0.717, 1.165) is 49.3 Å². The van der Waals surface area contributed by atoms with Gasteiger partial charge in [-0.25, -0.2) is 0 Å². The fourth-order valence-corrected chi connectivity index (χ4v) is 3.29. The Morgan fingerprint density at radius 1 is 1.35 bits per heavy atom.